The predicted octanol–water partition coefficient (Wildman–Crippen LogP) is 3.41. The van der Waals surface area contributed by atoms with Crippen LogP contribution in [0.1, 0.15) is 27.8 Å². The Morgan fingerprint density at radius 3 is 2.63 bits per heavy atom. The van der Waals surface area contributed by atoms with Crippen molar-refractivity contribution in [3.8, 4) is 17.0 Å². The summed E-state index contributed by atoms with van der Waals surface area (Å²) in [4.78, 5) is 16.1. The molecule has 7 nitrogen and oxygen atoms in total. The third-order valence-corrected chi connectivity index (χ3v) is 4.72. The lowest BCUT2D eigenvalue weighted by Crippen LogP contribution is -2.09. The first kappa shape index (κ1) is 19.5. The van der Waals surface area contributed by atoms with Gasteiger partial charge in [0.25, 0.3) is 0 Å². The zero-order valence-corrected chi connectivity index (χ0v) is 16.2. The van der Waals surface area contributed by atoms with Crippen LogP contribution in [0.4, 0.5) is 4.39 Å². The van der Waals surface area contributed by atoms with Crippen molar-refractivity contribution >= 4 is 11.5 Å². The number of aliphatic hydroxyl groups excluding tert-OH is 1. The van der Waals surface area contributed by atoms with E-state index >= 15 is 0 Å². The molecule has 3 aromatic heterocycles. The molecule has 0 spiro atoms. The molecule has 1 aromatic carbocycles. The molecule has 0 aliphatic rings. The number of nitrogens with zero attached hydrogens (tertiary/aromatic N) is 3. The van der Waals surface area contributed by atoms with Crippen molar-refractivity contribution in [1.82, 2.24) is 14.6 Å². The number of methoxy groups -OCH3 is 2. The minimum atomic E-state index is -1.27. The summed E-state index contributed by atoms with van der Waals surface area (Å²) in [6, 6.07) is 14.3. The molecule has 0 radical (unpaired) electrons. The maximum Gasteiger partial charge on any atom is 0.356 e. The second-order valence-electron chi connectivity index (χ2n) is 6.48. The summed E-state index contributed by atoms with van der Waals surface area (Å²) in [5.74, 6) is -0.544. The van der Waals surface area contributed by atoms with Gasteiger partial charge in [-0.3, -0.25) is 0 Å². The van der Waals surface area contributed by atoms with Crippen molar-refractivity contribution in [2.24, 2.45) is 0 Å². The Morgan fingerprint density at radius 1 is 1.10 bits per heavy atom. The Hall–Kier alpha value is -3.78. The van der Waals surface area contributed by atoms with Crippen LogP contribution in [0.25, 0.3) is 16.8 Å². The lowest BCUT2D eigenvalue weighted by atomic mass is 9.99. The van der Waals surface area contributed by atoms with Crippen molar-refractivity contribution in [3.63, 3.8) is 0 Å². The smallest absolute Gasteiger partial charge is 0.356 e. The van der Waals surface area contributed by atoms with Gasteiger partial charge in [-0.15, -0.1) is 0 Å². The molecule has 8 heteroatoms. The first-order valence-corrected chi connectivity index (χ1v) is 9.08. The topological polar surface area (TPSA) is 86.0 Å². The van der Waals surface area contributed by atoms with Crippen LogP contribution < -0.4 is 4.74 Å². The van der Waals surface area contributed by atoms with E-state index in [2.05, 4.69) is 10.1 Å². The summed E-state index contributed by atoms with van der Waals surface area (Å²) in [5, 5.41) is 15.7. The third-order valence-electron chi connectivity index (χ3n) is 4.72. The Labute approximate surface area is 171 Å². The quantitative estimate of drug-likeness (QED) is 0.510. The number of carbonyl (C=O) groups excluding carboxylic acids is 1. The number of aromatic nitrogens is 3. The summed E-state index contributed by atoms with van der Waals surface area (Å²) >= 11 is 0. The number of hydrogen-bond donors (Lipinski definition) is 1. The molecular weight excluding hydrogens is 389 g/mol. The maximum absolute atomic E-state index is 14.6. The number of fused-ring (bicyclic) bond motifs is 1. The molecule has 0 aliphatic carbocycles. The fourth-order valence-corrected chi connectivity index (χ4v) is 3.26. The number of esters is 1. The normalized spacial score (nSPS) is 12.0. The molecule has 0 bridgehead atoms. The predicted molar refractivity (Wildman–Crippen MR) is 107 cm³/mol. The molecular formula is C22H18FN3O4. The zero-order chi connectivity index (χ0) is 21.3. The van der Waals surface area contributed by atoms with Crippen LogP contribution in [0.15, 0.2) is 60.8 Å². The standard InChI is InChI=1S/C22H18FN3O4/c1-29-13-10-11-18-19(21(27)16-8-5-9-17(24-16)22(28)30-2)20(25-26(18)12-13)14-6-3-4-7-15(14)23/h3-12,21,27H,1-2H3. The van der Waals surface area contributed by atoms with Gasteiger partial charge >= 0.3 is 5.97 Å². The van der Waals surface area contributed by atoms with Gasteiger partial charge in [0.1, 0.15) is 29.1 Å². The number of halogens is 1. The van der Waals surface area contributed by atoms with E-state index in [4.69, 9.17) is 9.47 Å². The third kappa shape index (κ3) is 3.37. The average molecular weight is 407 g/mol. The zero-order valence-electron chi connectivity index (χ0n) is 16.2. The van der Waals surface area contributed by atoms with Crippen LogP contribution in [0, 0.1) is 5.82 Å². The Kier molecular flexibility index (Phi) is 5.16. The Bertz CT molecular complexity index is 1240. The molecule has 0 aliphatic heterocycles. The van der Waals surface area contributed by atoms with Gasteiger partial charge in [0.05, 0.1) is 31.6 Å². The lowest BCUT2D eigenvalue weighted by Gasteiger charge is -2.13. The van der Waals surface area contributed by atoms with Crippen molar-refractivity contribution in [3.05, 3.63) is 83.6 Å². The highest BCUT2D eigenvalue weighted by atomic mass is 19.1. The van der Waals surface area contributed by atoms with E-state index < -0.39 is 17.9 Å². The van der Waals surface area contributed by atoms with Gasteiger partial charge in [-0.1, -0.05) is 18.2 Å². The van der Waals surface area contributed by atoms with Crippen molar-refractivity contribution in [2.75, 3.05) is 14.2 Å². The number of hydrogen-bond acceptors (Lipinski definition) is 6. The molecule has 3 heterocycles. The molecule has 1 N–H and O–H groups in total. The van der Waals surface area contributed by atoms with Gasteiger partial charge in [0.2, 0.25) is 0 Å². The molecule has 152 valence electrons. The summed E-state index contributed by atoms with van der Waals surface area (Å²) in [6.07, 6.45) is 0.365. The molecule has 0 saturated heterocycles. The molecule has 1 atom stereocenters. The number of rotatable bonds is 5. The van der Waals surface area contributed by atoms with Crippen LogP contribution in [0.3, 0.4) is 0 Å². The first-order chi connectivity index (χ1) is 14.5. The van der Waals surface area contributed by atoms with E-state index in [0.717, 1.165) is 0 Å². The molecule has 0 saturated carbocycles. The fraction of sp³-hybridized carbons (Fsp3) is 0.136. The van der Waals surface area contributed by atoms with E-state index in [9.17, 15) is 14.3 Å². The molecule has 4 rings (SSSR count). The van der Waals surface area contributed by atoms with Crippen LogP contribution in [0.5, 0.6) is 5.75 Å². The molecule has 0 fully saturated rings. The Morgan fingerprint density at radius 2 is 1.90 bits per heavy atom. The molecule has 4 aromatic rings. The minimum Gasteiger partial charge on any atom is -0.495 e. The van der Waals surface area contributed by atoms with Crippen LogP contribution in [-0.2, 0) is 4.74 Å². The van der Waals surface area contributed by atoms with Crippen LogP contribution in [-0.4, -0.2) is 39.9 Å². The average Bonchev–Trinajstić information content (AvgIpc) is 3.16. The van der Waals surface area contributed by atoms with E-state index in [0.29, 0.717) is 16.8 Å². The van der Waals surface area contributed by atoms with E-state index in [1.54, 1.807) is 48.7 Å². The molecule has 1 unspecified atom stereocenters. The van der Waals surface area contributed by atoms with Crippen LogP contribution >= 0.6 is 0 Å². The maximum atomic E-state index is 14.6. The van der Waals surface area contributed by atoms with Gasteiger partial charge in [0.15, 0.2) is 0 Å². The number of pyridine rings is 2. The van der Waals surface area contributed by atoms with Crippen molar-refractivity contribution in [1.29, 1.82) is 0 Å². The van der Waals surface area contributed by atoms with E-state index in [1.165, 1.54) is 30.9 Å². The first-order valence-electron chi connectivity index (χ1n) is 9.08. The second kappa shape index (κ2) is 7.92. The van der Waals surface area contributed by atoms with Crippen molar-refractivity contribution < 1.29 is 23.8 Å². The van der Waals surface area contributed by atoms with E-state index in [-0.39, 0.29) is 22.6 Å². The summed E-state index contributed by atoms with van der Waals surface area (Å²) in [5.41, 5.74) is 1.67. The second-order valence-corrected chi connectivity index (χ2v) is 6.48. The summed E-state index contributed by atoms with van der Waals surface area (Å²) < 4.78 is 26.0. The summed E-state index contributed by atoms with van der Waals surface area (Å²) in [6.45, 7) is 0. The summed E-state index contributed by atoms with van der Waals surface area (Å²) in [7, 11) is 2.78. The van der Waals surface area contributed by atoms with Crippen LogP contribution in [0.2, 0.25) is 0 Å². The number of aliphatic hydroxyl groups is 1. The molecule has 30 heavy (non-hydrogen) atoms. The van der Waals surface area contributed by atoms with Crippen molar-refractivity contribution in [2.45, 2.75) is 6.10 Å². The fourth-order valence-electron chi connectivity index (χ4n) is 3.26. The number of carbonyl (C=O) groups is 1. The Balaban J connectivity index is 1.94. The van der Waals surface area contributed by atoms with Gasteiger partial charge in [-0.05, 0) is 36.4 Å². The molecule has 0 amide bonds. The van der Waals surface area contributed by atoms with E-state index in [1.807, 2.05) is 0 Å². The lowest BCUT2D eigenvalue weighted by molar-refractivity contribution is 0.0593. The number of ether oxygens (including phenoxy) is 2. The monoisotopic (exact) mass is 407 g/mol. The largest absolute Gasteiger partial charge is 0.495 e. The number of benzene rings is 1. The highest BCUT2D eigenvalue weighted by Gasteiger charge is 2.26. The SMILES string of the molecule is COC(=O)c1cccc(C(O)c2c(-c3ccccc3F)nn3cc(OC)ccc23)n1. The van der Waals surface area contributed by atoms with Gasteiger partial charge in [-0.25, -0.2) is 18.7 Å². The van der Waals surface area contributed by atoms with Gasteiger partial charge < -0.3 is 14.6 Å². The highest BCUT2D eigenvalue weighted by molar-refractivity contribution is 5.87. The van der Waals surface area contributed by atoms with Gasteiger partial charge in [0, 0.05) is 11.1 Å². The highest BCUT2D eigenvalue weighted by Crippen LogP contribution is 2.35. The minimum absolute atomic E-state index is 0.0552. The van der Waals surface area contributed by atoms with Gasteiger partial charge in [-0.2, -0.15) is 5.10 Å².